The first-order valence-corrected chi connectivity index (χ1v) is 8.25. The Morgan fingerprint density at radius 2 is 1.62 bits per heavy atom. The summed E-state index contributed by atoms with van der Waals surface area (Å²) in [5.41, 5.74) is -0.268. The molecule has 0 aromatic carbocycles. The Balaban J connectivity index is 2.19. The number of rotatable bonds is 3. The van der Waals surface area contributed by atoms with Crippen LogP contribution >= 0.6 is 0 Å². The Kier molecular flexibility index (Phi) is 4.76. The van der Waals surface area contributed by atoms with Crippen LogP contribution in [0.25, 0.3) is 0 Å². The predicted molar refractivity (Wildman–Crippen MR) is 81.6 cm³/mol. The number of carbonyl (C=O) groups is 2. The number of nitrogens with zero attached hydrogens (tertiary/aromatic N) is 1. The molecule has 4 heteroatoms. The zero-order chi connectivity index (χ0) is 15.7. The maximum atomic E-state index is 12.7. The molecule has 1 heterocycles. The number of aliphatic hydroxyl groups excluding tert-OH is 1. The second kappa shape index (κ2) is 6.07. The number of hydrogen-bond donors (Lipinski definition) is 1. The van der Waals surface area contributed by atoms with Crippen molar-refractivity contribution in [3.63, 3.8) is 0 Å². The molecule has 1 N–H and O–H groups in total. The molecule has 2 aliphatic rings. The molecule has 1 aliphatic heterocycles. The molecule has 2 rings (SSSR count). The Morgan fingerprint density at radius 3 is 2.05 bits per heavy atom. The van der Waals surface area contributed by atoms with E-state index in [1.807, 2.05) is 20.8 Å². The van der Waals surface area contributed by atoms with E-state index < -0.39 is 0 Å². The first-order chi connectivity index (χ1) is 9.79. The van der Waals surface area contributed by atoms with E-state index in [4.69, 9.17) is 0 Å². The summed E-state index contributed by atoms with van der Waals surface area (Å²) in [6, 6.07) is -0.205. The molecule has 21 heavy (non-hydrogen) atoms. The molecule has 2 fully saturated rings. The van der Waals surface area contributed by atoms with Crippen molar-refractivity contribution in [2.24, 2.45) is 10.8 Å². The van der Waals surface area contributed by atoms with Crippen LogP contribution in [0, 0.1) is 10.8 Å². The molecule has 1 spiro atoms. The second-order valence-corrected chi connectivity index (χ2v) is 7.97. The average Bonchev–Trinajstić information content (AvgIpc) is 2.36. The highest BCUT2D eigenvalue weighted by molar-refractivity contribution is 5.99. The van der Waals surface area contributed by atoms with Gasteiger partial charge in [-0.1, -0.05) is 40.0 Å². The minimum Gasteiger partial charge on any atom is -0.396 e. The number of carbonyl (C=O) groups excluding carboxylic acids is 2. The van der Waals surface area contributed by atoms with E-state index in [-0.39, 0.29) is 35.3 Å². The van der Waals surface area contributed by atoms with Gasteiger partial charge in [0, 0.05) is 25.5 Å². The third-order valence-corrected chi connectivity index (χ3v) is 5.22. The quantitative estimate of drug-likeness (QED) is 0.815. The van der Waals surface area contributed by atoms with Gasteiger partial charge in [0.25, 0.3) is 0 Å². The summed E-state index contributed by atoms with van der Waals surface area (Å²) in [5.74, 6) is -0.0527. The fraction of sp³-hybridized carbons (Fsp3) is 0.882. The molecule has 0 aromatic heterocycles. The Labute approximate surface area is 127 Å². The van der Waals surface area contributed by atoms with Crippen LogP contribution in [0.3, 0.4) is 0 Å². The van der Waals surface area contributed by atoms with Gasteiger partial charge in [0.15, 0.2) is 0 Å². The number of likely N-dealkylation sites (tertiary alicyclic amines) is 1. The summed E-state index contributed by atoms with van der Waals surface area (Å²) in [6.07, 6.45) is 7.02. The smallest absolute Gasteiger partial charge is 0.230 e. The Hall–Kier alpha value is -0.900. The van der Waals surface area contributed by atoms with Crippen molar-refractivity contribution in [2.75, 3.05) is 6.61 Å². The summed E-state index contributed by atoms with van der Waals surface area (Å²) >= 11 is 0. The van der Waals surface area contributed by atoms with Gasteiger partial charge in [0.05, 0.1) is 0 Å². The van der Waals surface area contributed by atoms with E-state index in [0.29, 0.717) is 19.3 Å². The lowest BCUT2D eigenvalue weighted by Gasteiger charge is -2.47. The molecular weight excluding hydrogens is 266 g/mol. The molecule has 1 saturated carbocycles. The van der Waals surface area contributed by atoms with Crippen molar-refractivity contribution in [1.82, 2.24) is 4.90 Å². The number of imide groups is 1. The van der Waals surface area contributed by atoms with Crippen molar-refractivity contribution >= 4 is 11.8 Å². The van der Waals surface area contributed by atoms with Gasteiger partial charge in [0.2, 0.25) is 11.8 Å². The normalized spacial score (nSPS) is 24.5. The first kappa shape index (κ1) is 16.5. The van der Waals surface area contributed by atoms with Gasteiger partial charge in [-0.05, 0) is 30.1 Å². The average molecular weight is 295 g/mol. The van der Waals surface area contributed by atoms with Crippen LogP contribution in [0.5, 0.6) is 0 Å². The van der Waals surface area contributed by atoms with E-state index >= 15 is 0 Å². The van der Waals surface area contributed by atoms with Crippen molar-refractivity contribution in [2.45, 2.75) is 78.2 Å². The molecular formula is C17H29NO3. The molecule has 1 saturated heterocycles. The number of hydrogen-bond acceptors (Lipinski definition) is 3. The molecule has 4 nitrogen and oxygen atoms in total. The lowest BCUT2D eigenvalue weighted by molar-refractivity contribution is -0.161. The molecule has 2 amide bonds. The molecule has 1 atom stereocenters. The third-order valence-electron chi connectivity index (χ3n) is 5.22. The van der Waals surface area contributed by atoms with Gasteiger partial charge in [-0.2, -0.15) is 0 Å². The van der Waals surface area contributed by atoms with Crippen molar-refractivity contribution in [3.05, 3.63) is 0 Å². The summed E-state index contributed by atoms with van der Waals surface area (Å²) < 4.78 is 0. The highest BCUT2D eigenvalue weighted by Crippen LogP contribution is 2.46. The largest absolute Gasteiger partial charge is 0.396 e. The highest BCUT2D eigenvalue weighted by Gasteiger charge is 2.47. The van der Waals surface area contributed by atoms with Gasteiger partial charge in [0.1, 0.15) is 0 Å². The van der Waals surface area contributed by atoms with E-state index in [1.54, 1.807) is 0 Å². The number of aliphatic hydroxyl groups is 1. The topological polar surface area (TPSA) is 57.6 Å². The second-order valence-electron chi connectivity index (χ2n) is 7.97. The van der Waals surface area contributed by atoms with Crippen LogP contribution in [0.15, 0.2) is 0 Å². The molecule has 1 unspecified atom stereocenters. The SMILES string of the molecule is CC(C)(C)C(CCO)N1C(=O)CC2(CCCCC2)CC1=O. The van der Waals surface area contributed by atoms with E-state index in [2.05, 4.69) is 0 Å². The van der Waals surface area contributed by atoms with Crippen molar-refractivity contribution in [3.8, 4) is 0 Å². The van der Waals surface area contributed by atoms with Crippen LogP contribution < -0.4 is 0 Å². The lowest BCUT2D eigenvalue weighted by atomic mass is 9.67. The van der Waals surface area contributed by atoms with Gasteiger partial charge >= 0.3 is 0 Å². The Morgan fingerprint density at radius 1 is 1.10 bits per heavy atom. The fourth-order valence-electron chi connectivity index (χ4n) is 4.09. The zero-order valence-corrected chi connectivity index (χ0v) is 13.7. The third kappa shape index (κ3) is 3.47. The van der Waals surface area contributed by atoms with Gasteiger partial charge < -0.3 is 5.11 Å². The van der Waals surface area contributed by atoms with Crippen molar-refractivity contribution < 1.29 is 14.7 Å². The monoisotopic (exact) mass is 295 g/mol. The van der Waals surface area contributed by atoms with E-state index in [1.165, 1.54) is 11.3 Å². The standard InChI is InChI=1S/C17H29NO3/c1-16(2,3)13(7-10-19)18-14(20)11-17(12-15(18)21)8-5-4-6-9-17/h13,19H,4-12H2,1-3H3. The zero-order valence-electron chi connectivity index (χ0n) is 13.7. The highest BCUT2D eigenvalue weighted by atomic mass is 16.3. The van der Waals surface area contributed by atoms with Crippen LogP contribution in [0.1, 0.15) is 72.1 Å². The summed E-state index contributed by atoms with van der Waals surface area (Å²) in [4.78, 5) is 26.8. The minimum absolute atomic E-state index is 0.00411. The molecule has 120 valence electrons. The van der Waals surface area contributed by atoms with Gasteiger partial charge in [-0.3, -0.25) is 14.5 Å². The van der Waals surface area contributed by atoms with Crippen LogP contribution in [0.2, 0.25) is 0 Å². The maximum Gasteiger partial charge on any atom is 0.230 e. The van der Waals surface area contributed by atoms with E-state index in [0.717, 1.165) is 25.7 Å². The first-order valence-electron chi connectivity index (χ1n) is 8.25. The minimum atomic E-state index is -0.205. The molecule has 0 aromatic rings. The maximum absolute atomic E-state index is 12.7. The van der Waals surface area contributed by atoms with Gasteiger partial charge in [-0.25, -0.2) is 0 Å². The Bertz CT molecular complexity index is 385. The summed E-state index contributed by atoms with van der Waals surface area (Å²) in [6.45, 7) is 6.08. The predicted octanol–water partition coefficient (Wildman–Crippen LogP) is 2.88. The fourth-order valence-corrected chi connectivity index (χ4v) is 4.09. The van der Waals surface area contributed by atoms with Crippen molar-refractivity contribution in [1.29, 1.82) is 0 Å². The number of amides is 2. The molecule has 0 bridgehead atoms. The summed E-state index contributed by atoms with van der Waals surface area (Å²) in [7, 11) is 0. The summed E-state index contributed by atoms with van der Waals surface area (Å²) in [5, 5.41) is 9.30. The van der Waals surface area contributed by atoms with Crippen LogP contribution in [-0.2, 0) is 9.59 Å². The van der Waals surface area contributed by atoms with Gasteiger partial charge in [-0.15, -0.1) is 0 Å². The van der Waals surface area contributed by atoms with Crippen LogP contribution in [0.4, 0.5) is 0 Å². The molecule has 1 aliphatic carbocycles. The van der Waals surface area contributed by atoms with Crippen LogP contribution in [-0.4, -0.2) is 34.5 Å². The lowest BCUT2D eigenvalue weighted by Crippen LogP contribution is -2.56. The molecule has 0 radical (unpaired) electrons. The van der Waals surface area contributed by atoms with E-state index in [9.17, 15) is 14.7 Å². The number of piperidine rings is 1.